The topological polar surface area (TPSA) is 249 Å². The smallest absolute Gasteiger partial charge is 0.215 e. The molecule has 2 heterocycles. The number of ether oxygens (including phenoxy) is 4. The van der Waals surface area contributed by atoms with E-state index in [-0.39, 0.29) is 32.2 Å². The van der Waals surface area contributed by atoms with Gasteiger partial charge in [0, 0.05) is 12.6 Å². The summed E-state index contributed by atoms with van der Waals surface area (Å²) >= 11 is 0. The van der Waals surface area contributed by atoms with Crippen LogP contribution in [-0.4, -0.2) is 133 Å². The Morgan fingerprint density at radius 1 is 1.21 bits per heavy atom. The molecule has 15 heteroatoms. The lowest BCUT2D eigenvalue weighted by Gasteiger charge is -2.48. The summed E-state index contributed by atoms with van der Waals surface area (Å²) in [6.07, 6.45) is -4.10. The quantitative estimate of drug-likeness (QED) is 0.0947. The number of nitrogens with two attached hydrogens (primary N) is 3. The summed E-state index contributed by atoms with van der Waals surface area (Å²) in [5, 5.41) is 51.6. The number of aliphatic hydroxyl groups is 4. The number of hydrogen-bond donors (Lipinski definition) is 10. The Labute approximate surface area is 228 Å². The van der Waals surface area contributed by atoms with E-state index in [4.69, 9.17) is 36.1 Å². The second-order valence-corrected chi connectivity index (χ2v) is 10.6. The average Bonchev–Trinajstić information content (AvgIpc) is 2.89. The average molecular weight is 563 g/mol. The molecule has 15 nitrogen and oxygen atoms in total. The summed E-state index contributed by atoms with van der Waals surface area (Å²) in [6.45, 7) is 2.12. The molecule has 226 valence electrons. The fraction of sp³-hybridized carbons (Fsp3) is 0.875. The second kappa shape index (κ2) is 14.4. The highest BCUT2D eigenvalue weighted by Gasteiger charge is 2.51. The van der Waals surface area contributed by atoms with Crippen molar-refractivity contribution in [2.45, 2.75) is 99.1 Å². The minimum atomic E-state index is -1.36. The van der Waals surface area contributed by atoms with Crippen LogP contribution in [0.4, 0.5) is 0 Å². The molecule has 0 aromatic rings. The molecule has 2 fully saturated rings. The number of hydrogen-bond acceptors (Lipinski definition) is 14. The van der Waals surface area contributed by atoms with Crippen molar-refractivity contribution in [1.29, 1.82) is 0 Å². The van der Waals surface area contributed by atoms with E-state index in [0.717, 1.165) is 0 Å². The summed E-state index contributed by atoms with van der Waals surface area (Å²) in [7, 11) is 1.59. The van der Waals surface area contributed by atoms with Crippen LogP contribution in [0.15, 0.2) is 11.8 Å². The van der Waals surface area contributed by atoms with Crippen molar-refractivity contribution in [1.82, 2.24) is 16.0 Å². The first kappa shape index (κ1) is 32.0. The molecule has 0 aromatic heterocycles. The minimum absolute atomic E-state index is 0.137. The Bertz CT molecular complexity index is 808. The Hall–Kier alpha value is -1.47. The van der Waals surface area contributed by atoms with Crippen LogP contribution < -0.4 is 33.2 Å². The highest BCUT2D eigenvalue weighted by Crippen LogP contribution is 2.32. The van der Waals surface area contributed by atoms with E-state index < -0.39 is 66.8 Å². The van der Waals surface area contributed by atoms with Crippen LogP contribution >= 0.6 is 0 Å². The summed E-state index contributed by atoms with van der Waals surface area (Å²) < 4.78 is 23.8. The zero-order valence-corrected chi connectivity index (χ0v) is 22.5. The second-order valence-electron chi connectivity index (χ2n) is 10.6. The summed E-state index contributed by atoms with van der Waals surface area (Å²) in [6, 6.07) is -2.60. The van der Waals surface area contributed by atoms with E-state index in [9.17, 15) is 25.2 Å². The van der Waals surface area contributed by atoms with Gasteiger partial charge in [-0.05, 0) is 45.9 Å². The van der Waals surface area contributed by atoms with Gasteiger partial charge in [0.15, 0.2) is 6.29 Å². The van der Waals surface area contributed by atoms with E-state index in [1.54, 1.807) is 7.05 Å². The van der Waals surface area contributed by atoms with E-state index in [2.05, 4.69) is 16.0 Å². The third-order valence-electron chi connectivity index (χ3n) is 7.54. The van der Waals surface area contributed by atoms with Crippen molar-refractivity contribution in [3.63, 3.8) is 0 Å². The molecule has 0 spiro atoms. The molecule has 1 aliphatic carbocycles. The third-order valence-corrected chi connectivity index (χ3v) is 7.54. The molecule has 12 atom stereocenters. The van der Waals surface area contributed by atoms with Gasteiger partial charge in [-0.2, -0.15) is 0 Å². The van der Waals surface area contributed by atoms with Crippen molar-refractivity contribution in [3.05, 3.63) is 11.8 Å². The number of aliphatic hydroxyl groups excluding tert-OH is 3. The maximum atomic E-state index is 11.4. The Kier molecular flexibility index (Phi) is 11.9. The van der Waals surface area contributed by atoms with Crippen LogP contribution in [0.1, 0.15) is 26.2 Å². The van der Waals surface area contributed by atoms with E-state index >= 15 is 0 Å². The van der Waals surface area contributed by atoms with Gasteiger partial charge in [0.2, 0.25) is 12.7 Å². The molecule has 2 unspecified atom stereocenters. The molecular formula is C24H46N6O9. The zero-order chi connectivity index (χ0) is 28.7. The highest BCUT2D eigenvalue weighted by molar-refractivity contribution is 5.47. The summed E-state index contributed by atoms with van der Waals surface area (Å²) in [5.41, 5.74) is 16.3. The van der Waals surface area contributed by atoms with Gasteiger partial charge in [0.25, 0.3) is 0 Å². The molecule has 39 heavy (non-hydrogen) atoms. The van der Waals surface area contributed by atoms with Gasteiger partial charge < -0.3 is 72.5 Å². The maximum Gasteiger partial charge on any atom is 0.215 e. The van der Waals surface area contributed by atoms with Crippen LogP contribution in [0.2, 0.25) is 0 Å². The molecule has 1 saturated carbocycles. The third kappa shape index (κ3) is 7.84. The number of carbonyl (C=O) groups excluding carboxylic acids is 1. The van der Waals surface area contributed by atoms with E-state index in [1.165, 1.54) is 6.92 Å². The van der Waals surface area contributed by atoms with Crippen LogP contribution in [0.5, 0.6) is 0 Å². The van der Waals surface area contributed by atoms with E-state index in [0.29, 0.717) is 31.6 Å². The van der Waals surface area contributed by atoms with Crippen molar-refractivity contribution in [2.24, 2.45) is 17.2 Å². The van der Waals surface area contributed by atoms with Gasteiger partial charge in [-0.3, -0.25) is 4.79 Å². The van der Waals surface area contributed by atoms with Gasteiger partial charge >= 0.3 is 0 Å². The molecule has 1 amide bonds. The normalized spacial score (nSPS) is 41.8. The monoisotopic (exact) mass is 562 g/mol. The highest BCUT2D eigenvalue weighted by atomic mass is 16.7. The number of nitrogens with one attached hydrogen (secondary N) is 3. The first-order valence-corrected chi connectivity index (χ1v) is 13.4. The number of carbonyl (C=O) groups is 1. The predicted molar refractivity (Wildman–Crippen MR) is 139 cm³/mol. The zero-order valence-electron chi connectivity index (χ0n) is 22.5. The van der Waals surface area contributed by atoms with Crippen LogP contribution in [-0.2, 0) is 23.7 Å². The van der Waals surface area contributed by atoms with Crippen molar-refractivity contribution < 1.29 is 44.2 Å². The van der Waals surface area contributed by atoms with E-state index in [1.807, 2.05) is 6.08 Å². The molecule has 3 aliphatic rings. The first-order chi connectivity index (χ1) is 18.6. The van der Waals surface area contributed by atoms with Crippen LogP contribution in [0.3, 0.4) is 0 Å². The fourth-order valence-corrected chi connectivity index (χ4v) is 5.39. The molecular weight excluding hydrogens is 516 g/mol. The van der Waals surface area contributed by atoms with Gasteiger partial charge in [-0.15, -0.1) is 0 Å². The number of rotatable bonds is 13. The van der Waals surface area contributed by atoms with Gasteiger partial charge in [-0.25, -0.2) is 0 Å². The summed E-state index contributed by atoms with van der Waals surface area (Å²) in [5.74, 6) is 0.511. The first-order valence-electron chi connectivity index (χ1n) is 13.4. The van der Waals surface area contributed by atoms with Crippen LogP contribution in [0, 0.1) is 0 Å². The fourth-order valence-electron chi connectivity index (χ4n) is 5.39. The molecule has 0 radical (unpaired) electrons. The van der Waals surface area contributed by atoms with Gasteiger partial charge in [0.1, 0.15) is 35.8 Å². The summed E-state index contributed by atoms with van der Waals surface area (Å²) in [4.78, 5) is 11.3. The number of amides is 1. The maximum absolute atomic E-state index is 11.4. The number of likely N-dealkylation sites (N-methyl/N-ethyl adjacent to an activating group) is 1. The Balaban J connectivity index is 1.76. The molecule has 3 rings (SSSR count). The van der Waals surface area contributed by atoms with Crippen molar-refractivity contribution >= 4 is 6.41 Å². The Morgan fingerprint density at radius 3 is 2.56 bits per heavy atom. The van der Waals surface area contributed by atoms with Crippen molar-refractivity contribution in [2.75, 3.05) is 33.3 Å². The largest absolute Gasteiger partial charge is 0.467 e. The minimum Gasteiger partial charge on any atom is -0.467 e. The molecule has 0 bridgehead atoms. The Morgan fingerprint density at radius 2 is 1.92 bits per heavy atom. The lowest BCUT2D eigenvalue weighted by molar-refractivity contribution is -0.304. The lowest BCUT2D eigenvalue weighted by atomic mass is 9.83. The van der Waals surface area contributed by atoms with Crippen LogP contribution in [0.25, 0.3) is 0 Å². The molecule has 13 N–H and O–H groups in total. The predicted octanol–water partition coefficient (Wildman–Crippen LogP) is -4.72. The van der Waals surface area contributed by atoms with Crippen molar-refractivity contribution in [3.8, 4) is 0 Å². The van der Waals surface area contributed by atoms with Gasteiger partial charge in [-0.1, -0.05) is 0 Å². The lowest BCUT2D eigenvalue weighted by Crippen LogP contribution is -2.69. The van der Waals surface area contributed by atoms with Gasteiger partial charge in [0.05, 0.1) is 37.4 Å². The SMILES string of the molecule is CN[C@@H]1[C@@H](O)[C@@H](O[C@H]2[C@H](NC=O)C[C@H](N)C(O[C@H]3OC(CN)=CC[C@H]3NCC(O)CCN)[C@@H]2O)OC[C@]1(C)O. The molecule has 0 aromatic carbocycles. The molecule has 2 aliphatic heterocycles. The molecule has 1 saturated heterocycles. The standard InChI is InChI=1S/C24H46N6O9/c1-24(35)10-36-23(18(34)21(24)28-2)39-20-16(30-11-31)7-14(27)19(17(20)33)38-22-15(4-3-13(8-26)37-22)29-9-12(32)5-6-25/h3,11-12,14-23,28-29,32-35H,4-10,25-27H2,1-2H3,(H,30,31)/t12?,14-,15+,16+,17-,18+,19?,20-,21+,22+,23+,24-/m0/s1.